The van der Waals surface area contributed by atoms with Crippen molar-refractivity contribution in [1.82, 2.24) is 41.7 Å². The average Bonchev–Trinajstić information content (AvgIpc) is 2.99. The van der Waals surface area contributed by atoms with Gasteiger partial charge in [-0.15, -0.1) is 0 Å². The van der Waals surface area contributed by atoms with Gasteiger partial charge in [-0.3, -0.25) is 9.80 Å². The van der Waals surface area contributed by atoms with Crippen molar-refractivity contribution in [3.05, 3.63) is 70.8 Å². The Morgan fingerprint density at radius 2 is 0.683 bits per heavy atom. The van der Waals surface area contributed by atoms with Crippen molar-refractivity contribution in [1.29, 1.82) is 0 Å². The fourth-order valence-electron chi connectivity index (χ4n) is 5.65. The predicted octanol–water partition coefficient (Wildman–Crippen LogP) is 1.73. The molecule has 6 N–H and O–H groups in total. The Labute approximate surface area is 249 Å². The van der Waals surface area contributed by atoms with Crippen LogP contribution in [0.5, 0.6) is 0 Å². The van der Waals surface area contributed by atoms with Crippen molar-refractivity contribution >= 4 is 0 Å². The van der Waals surface area contributed by atoms with Gasteiger partial charge in [0, 0.05) is 105 Å². The number of rotatable bonds is 0. The normalized spacial score (nSPS) is 24.4. The molecule has 0 amide bonds. The second-order valence-corrected chi connectivity index (χ2v) is 11.6. The van der Waals surface area contributed by atoms with Crippen LogP contribution in [0.2, 0.25) is 0 Å². The van der Waals surface area contributed by atoms with Crippen molar-refractivity contribution in [2.24, 2.45) is 0 Å². The maximum atomic E-state index is 3.70. The molecule has 0 saturated carbocycles. The third-order valence-electron chi connectivity index (χ3n) is 8.14. The monoisotopic (exact) mass is 564 g/mol. The van der Waals surface area contributed by atoms with E-state index in [9.17, 15) is 0 Å². The lowest BCUT2D eigenvalue weighted by Crippen LogP contribution is -2.41. The minimum Gasteiger partial charge on any atom is -0.315 e. The summed E-state index contributed by atoms with van der Waals surface area (Å²) in [6, 6.07) is 18.1. The number of nitrogens with zero attached hydrogens (tertiary/aromatic N) is 2. The highest BCUT2D eigenvalue weighted by Crippen LogP contribution is 2.06. The van der Waals surface area contributed by atoms with Gasteiger partial charge >= 0.3 is 0 Å². The maximum absolute atomic E-state index is 3.70. The first kappa shape index (κ1) is 32.0. The molecule has 0 radical (unpaired) electrons. The first-order valence-electron chi connectivity index (χ1n) is 16.2. The zero-order chi connectivity index (χ0) is 28.2. The number of nitrogens with one attached hydrogen (secondary N) is 6. The largest absolute Gasteiger partial charge is 0.315 e. The molecule has 41 heavy (non-hydrogen) atoms. The summed E-state index contributed by atoms with van der Waals surface area (Å²) in [6.07, 6.45) is 3.80. The molecule has 8 nitrogen and oxygen atoms in total. The SMILES string of the molecule is c1cc2cc(c1)CNCCN1CCNCCCCCNCCN(CCNC2)CCNCc2cccc(c2)CNCC1. The van der Waals surface area contributed by atoms with Crippen LogP contribution in [0.3, 0.4) is 0 Å². The molecule has 0 atom stereocenters. The van der Waals surface area contributed by atoms with Gasteiger partial charge in [0.25, 0.3) is 0 Å². The van der Waals surface area contributed by atoms with Gasteiger partial charge in [0.1, 0.15) is 0 Å². The number of benzene rings is 2. The number of hydrogen-bond donors (Lipinski definition) is 6. The van der Waals surface area contributed by atoms with E-state index in [4.69, 9.17) is 0 Å². The first-order chi connectivity index (χ1) is 20.3. The third-order valence-corrected chi connectivity index (χ3v) is 8.14. The fourth-order valence-corrected chi connectivity index (χ4v) is 5.65. The van der Waals surface area contributed by atoms with Crippen LogP contribution < -0.4 is 31.9 Å². The van der Waals surface area contributed by atoms with E-state index in [2.05, 4.69) is 90.2 Å². The van der Waals surface area contributed by atoms with E-state index in [1.165, 1.54) is 41.5 Å². The lowest BCUT2D eigenvalue weighted by molar-refractivity contribution is 0.270. The van der Waals surface area contributed by atoms with Gasteiger partial charge in [0.2, 0.25) is 0 Å². The Bertz CT molecular complexity index is 824. The number of hydrogen-bond acceptors (Lipinski definition) is 8. The van der Waals surface area contributed by atoms with Gasteiger partial charge in [-0.05, 0) is 48.2 Å². The fraction of sp³-hybridized carbons (Fsp3) is 0.636. The van der Waals surface area contributed by atoms with Gasteiger partial charge in [0.05, 0.1) is 0 Å². The third kappa shape index (κ3) is 13.8. The Morgan fingerprint density at radius 3 is 1.02 bits per heavy atom. The molecule has 3 aliphatic heterocycles. The van der Waals surface area contributed by atoms with E-state index in [1.807, 2.05) is 0 Å². The van der Waals surface area contributed by atoms with Crippen LogP contribution in [-0.4, -0.2) is 101 Å². The Balaban J connectivity index is 1.42. The molecule has 2 aromatic rings. The minimum absolute atomic E-state index is 0.919. The molecule has 3 aliphatic rings. The van der Waals surface area contributed by atoms with Gasteiger partial charge in [-0.25, -0.2) is 0 Å². The molecule has 228 valence electrons. The van der Waals surface area contributed by atoms with Crippen molar-refractivity contribution in [3.8, 4) is 0 Å². The minimum atomic E-state index is 0.919. The molecule has 0 fully saturated rings. The average molecular weight is 565 g/mol. The van der Waals surface area contributed by atoms with Crippen LogP contribution in [-0.2, 0) is 26.2 Å². The highest BCUT2D eigenvalue weighted by molar-refractivity contribution is 5.24. The van der Waals surface area contributed by atoms with Gasteiger partial charge < -0.3 is 31.9 Å². The van der Waals surface area contributed by atoms with Crippen molar-refractivity contribution in [2.45, 2.75) is 45.4 Å². The maximum Gasteiger partial charge on any atom is 0.0206 e. The molecule has 5 rings (SSSR count). The zero-order valence-corrected chi connectivity index (χ0v) is 25.4. The molecule has 0 aliphatic carbocycles. The quantitative estimate of drug-likeness (QED) is 0.289. The molecule has 0 aromatic heterocycles. The Morgan fingerprint density at radius 1 is 0.366 bits per heavy atom. The lowest BCUT2D eigenvalue weighted by atomic mass is 10.1. The second-order valence-electron chi connectivity index (χ2n) is 11.6. The molecular formula is C33H56N8. The number of fused-ring (bicyclic) bond motifs is 22. The van der Waals surface area contributed by atoms with Crippen molar-refractivity contribution in [2.75, 3.05) is 91.6 Å². The Hall–Kier alpha value is -1.88. The molecule has 6 bridgehead atoms. The molecule has 0 unspecified atom stereocenters. The summed E-state index contributed by atoms with van der Waals surface area (Å²) in [5.74, 6) is 0. The van der Waals surface area contributed by atoms with Crippen LogP contribution in [0.25, 0.3) is 0 Å². The summed E-state index contributed by atoms with van der Waals surface area (Å²) < 4.78 is 0. The molecule has 8 heteroatoms. The van der Waals surface area contributed by atoms with Crippen LogP contribution in [0.1, 0.15) is 41.5 Å². The van der Waals surface area contributed by atoms with Gasteiger partial charge in [0.15, 0.2) is 0 Å². The highest BCUT2D eigenvalue weighted by atomic mass is 15.2. The summed E-state index contributed by atoms with van der Waals surface area (Å²) in [5, 5.41) is 22.2. The first-order valence-corrected chi connectivity index (χ1v) is 16.2. The summed E-state index contributed by atoms with van der Waals surface area (Å²) in [4.78, 5) is 5.19. The standard InChI is InChI=1S/C33H56N8/c1-2-10-34-12-18-40-20-14-36-26-30-6-4-8-32(24-30)28-38-16-22-41(19-13-35-11-3-1)23-17-39-29-33-9-5-7-31(25-33)27-37-15-21-40/h4-9,24-25,34-39H,1-3,10-23,26-29H2. The van der Waals surface area contributed by atoms with E-state index in [-0.39, 0.29) is 0 Å². The van der Waals surface area contributed by atoms with E-state index in [1.54, 1.807) is 0 Å². The van der Waals surface area contributed by atoms with Crippen LogP contribution in [0.4, 0.5) is 0 Å². The summed E-state index contributed by atoms with van der Waals surface area (Å²) in [7, 11) is 0. The molecule has 3 heterocycles. The van der Waals surface area contributed by atoms with Crippen molar-refractivity contribution in [3.63, 3.8) is 0 Å². The second kappa shape index (κ2) is 20.1. The smallest absolute Gasteiger partial charge is 0.0206 e. The summed E-state index contributed by atoms with van der Waals surface area (Å²) >= 11 is 0. The predicted molar refractivity (Wildman–Crippen MR) is 172 cm³/mol. The van der Waals surface area contributed by atoms with Gasteiger partial charge in [-0.1, -0.05) is 55.0 Å². The lowest BCUT2D eigenvalue weighted by Gasteiger charge is -2.24. The van der Waals surface area contributed by atoms with E-state index < -0.39 is 0 Å². The summed E-state index contributed by atoms with van der Waals surface area (Å²) in [5.41, 5.74) is 5.46. The van der Waals surface area contributed by atoms with E-state index in [0.717, 1.165) is 118 Å². The zero-order valence-electron chi connectivity index (χ0n) is 25.4. The van der Waals surface area contributed by atoms with E-state index >= 15 is 0 Å². The molecular weight excluding hydrogens is 508 g/mol. The highest BCUT2D eigenvalue weighted by Gasteiger charge is 2.08. The van der Waals surface area contributed by atoms with Gasteiger partial charge in [-0.2, -0.15) is 0 Å². The van der Waals surface area contributed by atoms with Crippen molar-refractivity contribution < 1.29 is 0 Å². The van der Waals surface area contributed by atoms with Crippen LogP contribution in [0, 0.1) is 0 Å². The van der Waals surface area contributed by atoms with Crippen LogP contribution in [0.15, 0.2) is 48.5 Å². The molecule has 0 saturated heterocycles. The topological polar surface area (TPSA) is 78.7 Å². The Kier molecular flexibility index (Phi) is 15.7. The van der Waals surface area contributed by atoms with Crippen LogP contribution >= 0.6 is 0 Å². The summed E-state index contributed by atoms with van der Waals surface area (Å²) in [6.45, 7) is 18.4. The van der Waals surface area contributed by atoms with E-state index in [0.29, 0.717) is 0 Å². The molecule has 0 spiro atoms. The molecule has 2 aromatic carbocycles.